The monoisotopic (exact) mass is 404 g/mol. The average Bonchev–Trinajstić information content (AvgIpc) is 3.17. The summed E-state index contributed by atoms with van der Waals surface area (Å²) < 4.78 is 5.28. The normalized spacial score (nSPS) is 15.4. The van der Waals surface area contributed by atoms with Crippen LogP contribution in [0.25, 0.3) is 16.1 Å². The van der Waals surface area contributed by atoms with Crippen LogP contribution in [0.3, 0.4) is 0 Å². The van der Waals surface area contributed by atoms with Crippen molar-refractivity contribution in [2.45, 2.75) is 25.7 Å². The lowest BCUT2D eigenvalue weighted by Crippen LogP contribution is -2.18. The van der Waals surface area contributed by atoms with Crippen molar-refractivity contribution < 1.29 is 4.74 Å². The number of ether oxygens (including phenoxy) is 1. The van der Waals surface area contributed by atoms with E-state index in [1.807, 2.05) is 48.5 Å². The van der Waals surface area contributed by atoms with E-state index in [1.165, 1.54) is 0 Å². The predicted octanol–water partition coefficient (Wildman–Crippen LogP) is 6.23. The van der Waals surface area contributed by atoms with Gasteiger partial charge in [0.15, 0.2) is 11.5 Å². The molecule has 146 valence electrons. The largest absolute Gasteiger partial charge is 0.497 e. The summed E-state index contributed by atoms with van der Waals surface area (Å²) in [4.78, 5) is 3.93. The third-order valence-electron chi connectivity index (χ3n) is 5.16. The molecule has 0 amide bonds. The molecule has 1 aromatic heterocycles. The van der Waals surface area contributed by atoms with Crippen LogP contribution in [0, 0.1) is 6.57 Å². The van der Waals surface area contributed by atoms with Gasteiger partial charge in [-0.15, -0.1) is 0 Å². The molecule has 5 nitrogen and oxygen atoms in total. The van der Waals surface area contributed by atoms with Crippen molar-refractivity contribution in [1.82, 2.24) is 10.2 Å². The van der Waals surface area contributed by atoms with E-state index in [0.29, 0.717) is 10.7 Å². The Morgan fingerprint density at radius 3 is 2.59 bits per heavy atom. The van der Waals surface area contributed by atoms with Crippen LogP contribution in [0.5, 0.6) is 5.75 Å². The van der Waals surface area contributed by atoms with E-state index >= 15 is 0 Å². The average molecular weight is 405 g/mol. The number of nitrogens with one attached hydrogen (secondary N) is 2. The SMILES string of the molecule is [C-]#[N+]C1=C(CCC)Nc2n[nH]c(-c3ccc(OC)cc3)c2C1c1ccccc1Cl. The summed E-state index contributed by atoms with van der Waals surface area (Å²) in [5, 5.41) is 11.7. The molecule has 0 spiro atoms. The van der Waals surface area contributed by atoms with Crippen molar-refractivity contribution in [3.63, 3.8) is 0 Å². The summed E-state index contributed by atoms with van der Waals surface area (Å²) in [5.41, 5.74) is 5.27. The Balaban J connectivity index is 1.93. The van der Waals surface area contributed by atoms with Gasteiger partial charge in [0, 0.05) is 21.8 Å². The molecule has 1 aliphatic rings. The molecule has 6 heteroatoms. The Hall–Kier alpha value is -3.23. The van der Waals surface area contributed by atoms with Crippen molar-refractivity contribution in [2.75, 3.05) is 12.4 Å². The Morgan fingerprint density at radius 2 is 1.93 bits per heavy atom. The number of nitrogens with zero attached hydrogens (tertiary/aromatic N) is 2. The maximum absolute atomic E-state index is 7.92. The number of halogens is 1. The molecule has 0 fully saturated rings. The zero-order valence-corrected chi connectivity index (χ0v) is 17.0. The van der Waals surface area contributed by atoms with Gasteiger partial charge in [-0.2, -0.15) is 5.10 Å². The highest BCUT2D eigenvalue weighted by Crippen LogP contribution is 2.48. The van der Waals surface area contributed by atoms with E-state index < -0.39 is 0 Å². The van der Waals surface area contributed by atoms with Gasteiger partial charge in [0.25, 0.3) is 0 Å². The van der Waals surface area contributed by atoms with Crippen LogP contribution in [-0.4, -0.2) is 17.3 Å². The van der Waals surface area contributed by atoms with Crippen molar-refractivity contribution >= 4 is 17.4 Å². The summed E-state index contributed by atoms with van der Waals surface area (Å²) in [7, 11) is 1.65. The minimum absolute atomic E-state index is 0.283. The summed E-state index contributed by atoms with van der Waals surface area (Å²) >= 11 is 6.58. The number of methoxy groups -OCH3 is 1. The fourth-order valence-corrected chi connectivity index (χ4v) is 4.05. The summed E-state index contributed by atoms with van der Waals surface area (Å²) in [6.45, 7) is 10.0. The first-order chi connectivity index (χ1) is 14.2. The van der Waals surface area contributed by atoms with Crippen molar-refractivity contribution in [3.8, 4) is 17.0 Å². The van der Waals surface area contributed by atoms with Gasteiger partial charge in [-0.25, -0.2) is 4.85 Å². The van der Waals surface area contributed by atoms with Gasteiger partial charge in [0.2, 0.25) is 0 Å². The third kappa shape index (κ3) is 3.37. The molecule has 2 N–H and O–H groups in total. The second kappa shape index (κ2) is 8.02. The molecule has 2 heterocycles. The number of aromatic nitrogens is 2. The number of benzene rings is 2. The van der Waals surface area contributed by atoms with Gasteiger partial charge in [0.1, 0.15) is 5.75 Å². The van der Waals surface area contributed by atoms with Crippen LogP contribution < -0.4 is 10.1 Å². The highest BCUT2D eigenvalue weighted by Gasteiger charge is 2.35. The summed E-state index contributed by atoms with van der Waals surface area (Å²) in [6.07, 6.45) is 1.71. The fourth-order valence-electron chi connectivity index (χ4n) is 3.81. The highest BCUT2D eigenvalue weighted by molar-refractivity contribution is 6.31. The summed E-state index contributed by atoms with van der Waals surface area (Å²) in [5.74, 6) is 1.25. The van der Waals surface area contributed by atoms with Gasteiger partial charge in [-0.3, -0.25) is 5.10 Å². The second-order valence-electron chi connectivity index (χ2n) is 6.89. The van der Waals surface area contributed by atoms with E-state index in [2.05, 4.69) is 27.3 Å². The van der Waals surface area contributed by atoms with E-state index in [-0.39, 0.29) is 5.92 Å². The highest BCUT2D eigenvalue weighted by atomic mass is 35.5. The molecule has 2 aromatic carbocycles. The lowest BCUT2D eigenvalue weighted by Gasteiger charge is -2.27. The smallest absolute Gasteiger partial charge is 0.196 e. The van der Waals surface area contributed by atoms with Crippen molar-refractivity contribution in [3.05, 3.63) is 87.5 Å². The molecule has 4 rings (SSSR count). The molecule has 1 unspecified atom stereocenters. The molecule has 29 heavy (non-hydrogen) atoms. The van der Waals surface area contributed by atoms with Crippen LogP contribution in [0.1, 0.15) is 36.8 Å². The molecule has 3 aromatic rings. The lowest BCUT2D eigenvalue weighted by atomic mass is 9.83. The van der Waals surface area contributed by atoms with E-state index in [0.717, 1.165) is 52.5 Å². The molecule has 0 saturated carbocycles. The number of anilines is 1. The standard InChI is InChI=1S/C23H21ClN4O/c1-4-7-18-22(25-2)19(16-8-5-6-9-17(16)24)20-21(27-28-23(20)26-18)14-10-12-15(29-3)13-11-14/h5-6,8-13,19H,4,7H2,1,3H3,(H2,26,27,28). The molecule has 1 aliphatic heterocycles. The van der Waals surface area contributed by atoms with Crippen molar-refractivity contribution in [1.29, 1.82) is 0 Å². The zero-order valence-electron chi connectivity index (χ0n) is 16.3. The number of aromatic amines is 1. The number of fused-ring (bicyclic) bond motifs is 1. The maximum Gasteiger partial charge on any atom is 0.196 e. The first kappa shape index (κ1) is 19.1. The third-order valence-corrected chi connectivity index (χ3v) is 5.50. The topological polar surface area (TPSA) is 54.3 Å². The maximum atomic E-state index is 7.92. The number of hydrogen-bond acceptors (Lipinski definition) is 3. The second-order valence-corrected chi connectivity index (χ2v) is 7.30. The first-order valence-corrected chi connectivity index (χ1v) is 9.90. The van der Waals surface area contributed by atoms with E-state index in [9.17, 15) is 0 Å². The zero-order chi connectivity index (χ0) is 20.4. The quantitative estimate of drug-likeness (QED) is 0.496. The number of hydrogen-bond donors (Lipinski definition) is 2. The Kier molecular flexibility index (Phi) is 5.28. The predicted molar refractivity (Wildman–Crippen MR) is 116 cm³/mol. The summed E-state index contributed by atoms with van der Waals surface area (Å²) in [6, 6.07) is 15.5. The van der Waals surface area contributed by atoms with Gasteiger partial charge in [-0.1, -0.05) is 43.1 Å². The molecule has 1 atom stereocenters. The van der Waals surface area contributed by atoms with Gasteiger partial charge in [-0.05, 0) is 42.3 Å². The van der Waals surface area contributed by atoms with Crippen LogP contribution in [0.2, 0.25) is 5.02 Å². The molecular weight excluding hydrogens is 384 g/mol. The minimum Gasteiger partial charge on any atom is -0.497 e. The lowest BCUT2D eigenvalue weighted by molar-refractivity contribution is 0.415. The number of allylic oxidation sites excluding steroid dienone is 2. The van der Waals surface area contributed by atoms with Crippen LogP contribution in [-0.2, 0) is 0 Å². The Morgan fingerprint density at radius 1 is 1.17 bits per heavy atom. The first-order valence-electron chi connectivity index (χ1n) is 9.52. The molecular formula is C23H21ClN4O. The Bertz CT molecular complexity index is 1110. The molecule has 0 saturated heterocycles. The van der Waals surface area contributed by atoms with Crippen LogP contribution >= 0.6 is 11.6 Å². The van der Waals surface area contributed by atoms with Crippen molar-refractivity contribution in [2.24, 2.45) is 0 Å². The van der Waals surface area contributed by atoms with Gasteiger partial charge >= 0.3 is 0 Å². The minimum atomic E-state index is -0.283. The van der Waals surface area contributed by atoms with E-state index in [1.54, 1.807) is 7.11 Å². The fraction of sp³-hybridized carbons (Fsp3) is 0.217. The van der Waals surface area contributed by atoms with E-state index in [4.69, 9.17) is 22.9 Å². The Labute approximate surface area is 175 Å². The molecule has 0 bridgehead atoms. The molecule has 0 radical (unpaired) electrons. The van der Waals surface area contributed by atoms with Gasteiger partial charge in [0.05, 0.1) is 25.3 Å². The van der Waals surface area contributed by atoms with Crippen LogP contribution in [0.15, 0.2) is 59.9 Å². The van der Waals surface area contributed by atoms with Crippen LogP contribution in [0.4, 0.5) is 5.82 Å². The number of H-pyrrole nitrogens is 1. The number of rotatable bonds is 5. The molecule has 0 aliphatic carbocycles. The van der Waals surface area contributed by atoms with Gasteiger partial charge < -0.3 is 10.1 Å².